The Bertz CT molecular complexity index is 1160. The molecule has 1 aromatic heterocycles. The number of hydrogen-bond acceptors (Lipinski definition) is 5. The molecule has 1 unspecified atom stereocenters. The first kappa shape index (κ1) is 23.0. The molecule has 0 bridgehead atoms. The van der Waals surface area contributed by atoms with Gasteiger partial charge < -0.3 is 20.5 Å². The first-order valence-electron chi connectivity index (χ1n) is 11.0. The van der Waals surface area contributed by atoms with Gasteiger partial charge in [-0.1, -0.05) is 48.5 Å². The van der Waals surface area contributed by atoms with Crippen LogP contribution in [-0.4, -0.2) is 40.7 Å². The van der Waals surface area contributed by atoms with Crippen LogP contribution >= 0.6 is 0 Å². The predicted octanol–water partition coefficient (Wildman–Crippen LogP) is 3.96. The molecule has 0 saturated carbocycles. The molecule has 0 spiro atoms. The minimum Gasteiger partial charge on any atom is -0.481 e. The number of fused-ring (bicyclic) bond motifs is 3. The SMILES string of the molecule is CC(CC(=O)Nc1ccc(CC(=O)O)nc1)NC(=O)OCC1c2ccccc2-c2ccccc21. The van der Waals surface area contributed by atoms with Crippen molar-refractivity contribution in [2.75, 3.05) is 11.9 Å². The van der Waals surface area contributed by atoms with E-state index in [0.29, 0.717) is 11.4 Å². The van der Waals surface area contributed by atoms with Crippen LogP contribution in [-0.2, 0) is 20.7 Å². The topological polar surface area (TPSA) is 118 Å². The van der Waals surface area contributed by atoms with Crippen molar-refractivity contribution in [1.29, 1.82) is 0 Å². The van der Waals surface area contributed by atoms with E-state index in [1.807, 2.05) is 24.3 Å². The number of amides is 2. The number of carboxylic acid groups (broad SMARTS) is 1. The fourth-order valence-corrected chi connectivity index (χ4v) is 4.14. The zero-order valence-corrected chi connectivity index (χ0v) is 18.7. The van der Waals surface area contributed by atoms with Gasteiger partial charge in [-0.15, -0.1) is 0 Å². The third-order valence-corrected chi connectivity index (χ3v) is 5.64. The van der Waals surface area contributed by atoms with Gasteiger partial charge in [0.2, 0.25) is 5.91 Å². The fourth-order valence-electron chi connectivity index (χ4n) is 4.14. The normalized spacial score (nSPS) is 12.9. The molecule has 3 aromatic rings. The number of anilines is 1. The van der Waals surface area contributed by atoms with Crippen LogP contribution in [0.4, 0.5) is 10.5 Å². The zero-order chi connectivity index (χ0) is 24.1. The van der Waals surface area contributed by atoms with Crippen molar-refractivity contribution in [3.63, 3.8) is 0 Å². The summed E-state index contributed by atoms with van der Waals surface area (Å²) in [5.74, 6) is -1.31. The average Bonchev–Trinajstić information content (AvgIpc) is 3.12. The van der Waals surface area contributed by atoms with Crippen molar-refractivity contribution < 1.29 is 24.2 Å². The van der Waals surface area contributed by atoms with Crippen molar-refractivity contribution >= 4 is 23.7 Å². The third kappa shape index (κ3) is 5.40. The molecule has 8 heteroatoms. The van der Waals surface area contributed by atoms with Crippen LogP contribution in [0.5, 0.6) is 0 Å². The van der Waals surface area contributed by atoms with E-state index in [2.05, 4.69) is 39.9 Å². The van der Waals surface area contributed by atoms with Crippen molar-refractivity contribution in [3.05, 3.63) is 83.7 Å². The van der Waals surface area contributed by atoms with Crippen LogP contribution in [0, 0.1) is 0 Å². The summed E-state index contributed by atoms with van der Waals surface area (Å²) < 4.78 is 5.52. The number of carbonyl (C=O) groups is 3. The van der Waals surface area contributed by atoms with Crippen molar-refractivity contribution in [2.24, 2.45) is 0 Å². The second kappa shape index (κ2) is 10.2. The molecule has 1 aliphatic rings. The molecule has 1 aliphatic carbocycles. The van der Waals surface area contributed by atoms with Crippen molar-refractivity contribution in [1.82, 2.24) is 10.3 Å². The molecule has 8 nitrogen and oxygen atoms in total. The molecule has 174 valence electrons. The van der Waals surface area contributed by atoms with E-state index in [4.69, 9.17) is 9.84 Å². The van der Waals surface area contributed by atoms with Crippen molar-refractivity contribution in [3.8, 4) is 11.1 Å². The molecular formula is C26H25N3O5. The number of alkyl carbamates (subject to hydrolysis) is 1. The van der Waals surface area contributed by atoms with E-state index >= 15 is 0 Å². The molecule has 34 heavy (non-hydrogen) atoms. The Balaban J connectivity index is 1.27. The first-order valence-corrected chi connectivity index (χ1v) is 11.0. The van der Waals surface area contributed by atoms with Gasteiger partial charge in [0, 0.05) is 18.4 Å². The minimum absolute atomic E-state index is 0.0339. The lowest BCUT2D eigenvalue weighted by atomic mass is 9.98. The summed E-state index contributed by atoms with van der Waals surface area (Å²) in [6, 6.07) is 18.9. The summed E-state index contributed by atoms with van der Waals surface area (Å²) in [6.07, 6.45) is 0.679. The number of rotatable bonds is 8. The van der Waals surface area contributed by atoms with E-state index < -0.39 is 18.1 Å². The Kier molecular flexibility index (Phi) is 6.87. The smallest absolute Gasteiger partial charge is 0.407 e. The Labute approximate surface area is 197 Å². The number of benzene rings is 2. The number of nitrogens with one attached hydrogen (secondary N) is 2. The third-order valence-electron chi connectivity index (χ3n) is 5.64. The summed E-state index contributed by atoms with van der Waals surface area (Å²) in [5, 5.41) is 14.2. The second-order valence-electron chi connectivity index (χ2n) is 8.23. The van der Waals surface area contributed by atoms with Crippen LogP contribution < -0.4 is 10.6 Å². The highest BCUT2D eigenvalue weighted by Crippen LogP contribution is 2.44. The van der Waals surface area contributed by atoms with Gasteiger partial charge >= 0.3 is 12.1 Å². The van der Waals surface area contributed by atoms with Gasteiger partial charge in [-0.25, -0.2) is 4.79 Å². The van der Waals surface area contributed by atoms with E-state index in [9.17, 15) is 14.4 Å². The summed E-state index contributed by atoms with van der Waals surface area (Å²) in [7, 11) is 0. The quantitative estimate of drug-likeness (QED) is 0.469. The van der Waals surface area contributed by atoms with Crippen molar-refractivity contribution in [2.45, 2.75) is 31.7 Å². The van der Waals surface area contributed by atoms with Gasteiger partial charge in [-0.05, 0) is 41.3 Å². The van der Waals surface area contributed by atoms with Crippen LogP contribution in [0.2, 0.25) is 0 Å². The van der Waals surface area contributed by atoms with Gasteiger partial charge in [0.05, 0.1) is 24.0 Å². The molecule has 2 aromatic carbocycles. The maximum absolute atomic E-state index is 12.4. The van der Waals surface area contributed by atoms with Crippen LogP contribution in [0.3, 0.4) is 0 Å². The zero-order valence-electron chi connectivity index (χ0n) is 18.7. The number of aromatic nitrogens is 1. The predicted molar refractivity (Wildman–Crippen MR) is 126 cm³/mol. The van der Waals surface area contributed by atoms with E-state index in [-0.39, 0.29) is 31.3 Å². The average molecular weight is 460 g/mol. The van der Waals surface area contributed by atoms with Crippen LogP contribution in [0.25, 0.3) is 11.1 Å². The lowest BCUT2D eigenvalue weighted by molar-refractivity contribution is -0.136. The Morgan fingerprint density at radius 3 is 2.24 bits per heavy atom. The standard InChI is InChI=1S/C26H25N3O5/c1-16(12-24(30)29-18-11-10-17(27-14-18)13-25(31)32)28-26(33)34-15-23-21-8-4-2-6-19(21)20-7-3-5-9-22(20)23/h2-11,14,16,23H,12-13,15H2,1H3,(H,28,33)(H,29,30)(H,31,32). The Morgan fingerprint density at radius 2 is 1.65 bits per heavy atom. The lowest BCUT2D eigenvalue weighted by Gasteiger charge is -2.17. The number of ether oxygens (including phenoxy) is 1. The van der Waals surface area contributed by atoms with Gasteiger partial charge in [-0.3, -0.25) is 14.6 Å². The monoisotopic (exact) mass is 459 g/mol. The maximum Gasteiger partial charge on any atom is 0.407 e. The molecule has 1 atom stereocenters. The number of carbonyl (C=O) groups excluding carboxylic acids is 2. The fraction of sp³-hybridized carbons (Fsp3) is 0.231. The van der Waals surface area contributed by atoms with Crippen LogP contribution in [0.1, 0.15) is 36.1 Å². The largest absolute Gasteiger partial charge is 0.481 e. The number of pyridine rings is 1. The van der Waals surface area contributed by atoms with E-state index in [1.165, 1.54) is 6.20 Å². The van der Waals surface area contributed by atoms with Gasteiger partial charge in [-0.2, -0.15) is 0 Å². The molecule has 0 fully saturated rings. The van der Waals surface area contributed by atoms with E-state index in [1.54, 1.807) is 19.1 Å². The summed E-state index contributed by atoms with van der Waals surface area (Å²) in [4.78, 5) is 39.4. The molecular weight excluding hydrogens is 434 g/mol. The molecule has 0 radical (unpaired) electrons. The highest BCUT2D eigenvalue weighted by atomic mass is 16.5. The molecule has 1 heterocycles. The number of nitrogens with zero attached hydrogens (tertiary/aromatic N) is 1. The van der Waals surface area contributed by atoms with Gasteiger partial charge in [0.1, 0.15) is 6.61 Å². The highest BCUT2D eigenvalue weighted by Gasteiger charge is 2.29. The summed E-state index contributed by atoms with van der Waals surface area (Å²) in [6.45, 7) is 1.92. The molecule has 0 aliphatic heterocycles. The minimum atomic E-state index is -0.975. The van der Waals surface area contributed by atoms with Gasteiger partial charge in [0.15, 0.2) is 0 Å². The number of hydrogen-bond donors (Lipinski definition) is 3. The highest BCUT2D eigenvalue weighted by molar-refractivity contribution is 5.91. The Morgan fingerprint density at radius 1 is 1.00 bits per heavy atom. The first-order chi connectivity index (χ1) is 16.4. The Hall–Kier alpha value is -4.20. The lowest BCUT2D eigenvalue weighted by Crippen LogP contribution is -2.36. The summed E-state index contributed by atoms with van der Waals surface area (Å²) in [5.41, 5.74) is 5.42. The number of aliphatic carboxylic acids is 1. The second-order valence-corrected chi connectivity index (χ2v) is 8.23. The van der Waals surface area contributed by atoms with Crippen LogP contribution in [0.15, 0.2) is 66.9 Å². The maximum atomic E-state index is 12.4. The van der Waals surface area contributed by atoms with Gasteiger partial charge in [0.25, 0.3) is 0 Å². The van der Waals surface area contributed by atoms with E-state index in [0.717, 1.165) is 22.3 Å². The molecule has 0 saturated heterocycles. The molecule has 2 amide bonds. The molecule has 3 N–H and O–H groups in total. The molecule has 4 rings (SSSR count). The number of carboxylic acids is 1. The summed E-state index contributed by atoms with van der Waals surface area (Å²) >= 11 is 0.